The first-order chi connectivity index (χ1) is 15.3. The molecule has 5 rings (SSSR count). The van der Waals surface area contributed by atoms with E-state index in [2.05, 4.69) is 9.88 Å². The molecule has 7 heteroatoms. The number of aryl methyl sites for hydroxylation is 1. The number of fused-ring (bicyclic) bond motifs is 2. The molecule has 1 amide bonds. The molecule has 1 aliphatic heterocycles. The molecule has 4 nitrogen and oxygen atoms in total. The van der Waals surface area contributed by atoms with Gasteiger partial charge in [-0.15, -0.1) is 0 Å². The van der Waals surface area contributed by atoms with Crippen LogP contribution >= 0.6 is 0 Å². The van der Waals surface area contributed by atoms with Crippen LogP contribution in [0.2, 0.25) is 0 Å². The third-order valence-corrected chi connectivity index (χ3v) is 5.80. The van der Waals surface area contributed by atoms with Gasteiger partial charge in [0, 0.05) is 29.8 Å². The van der Waals surface area contributed by atoms with Crippen LogP contribution in [-0.4, -0.2) is 17.0 Å². The van der Waals surface area contributed by atoms with Crippen molar-refractivity contribution in [2.75, 3.05) is 16.8 Å². The first kappa shape index (κ1) is 20.2. The van der Waals surface area contributed by atoms with Gasteiger partial charge >= 0.3 is 6.18 Å². The van der Waals surface area contributed by atoms with E-state index in [9.17, 15) is 18.0 Å². The smallest absolute Gasteiger partial charge is 0.358 e. The van der Waals surface area contributed by atoms with E-state index in [0.717, 1.165) is 28.3 Å². The molecule has 0 unspecified atom stereocenters. The summed E-state index contributed by atoms with van der Waals surface area (Å²) in [6.45, 7) is 1.81. The van der Waals surface area contributed by atoms with Crippen molar-refractivity contribution in [3.63, 3.8) is 0 Å². The van der Waals surface area contributed by atoms with Gasteiger partial charge in [-0.1, -0.05) is 30.3 Å². The molecule has 0 aliphatic carbocycles. The standard InChI is InChI=1S/C25H20F3N3O/c1-16-11-18-14-30(15-24(32)29-22(18)13-21(16)25(26,27)28)19-6-4-7-20(12-19)31-10-9-17-5-2-3-8-23(17)31/h2-13H,14-15H2,1H3,(H,29,32). The maximum Gasteiger partial charge on any atom is 0.416 e. The zero-order valence-corrected chi connectivity index (χ0v) is 17.3. The number of carbonyl (C=O) groups excluding carboxylic acids is 1. The Bertz CT molecular complexity index is 1340. The van der Waals surface area contributed by atoms with Gasteiger partial charge in [0.1, 0.15) is 0 Å². The molecule has 0 bridgehead atoms. The number of hydrogen-bond acceptors (Lipinski definition) is 2. The predicted octanol–water partition coefficient (Wildman–Crippen LogP) is 5.92. The minimum atomic E-state index is -4.47. The largest absolute Gasteiger partial charge is 0.416 e. The van der Waals surface area contributed by atoms with E-state index in [0.29, 0.717) is 12.1 Å². The summed E-state index contributed by atoms with van der Waals surface area (Å²) in [5.74, 6) is -0.349. The highest BCUT2D eigenvalue weighted by atomic mass is 19.4. The number of hydrogen-bond donors (Lipinski definition) is 1. The topological polar surface area (TPSA) is 37.3 Å². The van der Waals surface area contributed by atoms with E-state index in [1.165, 1.54) is 13.0 Å². The lowest BCUT2D eigenvalue weighted by molar-refractivity contribution is -0.138. The fourth-order valence-electron chi connectivity index (χ4n) is 4.28. The second kappa shape index (κ2) is 7.44. The number of aromatic nitrogens is 1. The van der Waals surface area contributed by atoms with Crippen LogP contribution in [-0.2, 0) is 17.5 Å². The lowest BCUT2D eigenvalue weighted by Gasteiger charge is -2.23. The molecule has 2 heterocycles. The van der Waals surface area contributed by atoms with Crippen LogP contribution in [0.4, 0.5) is 24.5 Å². The zero-order chi connectivity index (χ0) is 22.5. The molecule has 162 valence electrons. The summed E-state index contributed by atoms with van der Waals surface area (Å²) in [7, 11) is 0. The van der Waals surface area contributed by atoms with Gasteiger partial charge < -0.3 is 14.8 Å². The Labute approximate surface area is 182 Å². The number of carbonyl (C=O) groups is 1. The highest BCUT2D eigenvalue weighted by Gasteiger charge is 2.34. The lowest BCUT2D eigenvalue weighted by Crippen LogP contribution is -2.29. The number of halogens is 3. The van der Waals surface area contributed by atoms with Gasteiger partial charge in [0.25, 0.3) is 0 Å². The molecule has 1 aliphatic rings. The second-order valence-corrected chi connectivity index (χ2v) is 7.99. The Morgan fingerprint density at radius 3 is 2.50 bits per heavy atom. The Balaban J connectivity index is 1.53. The van der Waals surface area contributed by atoms with E-state index in [4.69, 9.17) is 0 Å². The fraction of sp³-hybridized carbons (Fsp3) is 0.160. The maximum absolute atomic E-state index is 13.3. The molecule has 0 fully saturated rings. The van der Waals surface area contributed by atoms with E-state index >= 15 is 0 Å². The molecule has 1 aromatic heterocycles. The van der Waals surface area contributed by atoms with Crippen molar-refractivity contribution < 1.29 is 18.0 Å². The SMILES string of the molecule is Cc1cc2c(cc1C(F)(F)F)NC(=O)CN(c1cccc(-n3ccc4ccccc43)c1)C2. The normalized spacial score (nSPS) is 14.2. The highest BCUT2D eigenvalue weighted by Crippen LogP contribution is 2.36. The van der Waals surface area contributed by atoms with Gasteiger partial charge in [0.05, 0.1) is 17.6 Å². The van der Waals surface area contributed by atoms with Gasteiger partial charge in [-0.3, -0.25) is 4.79 Å². The van der Waals surface area contributed by atoms with E-state index in [1.807, 2.05) is 65.7 Å². The first-order valence-electron chi connectivity index (χ1n) is 10.2. The maximum atomic E-state index is 13.3. The number of nitrogens with one attached hydrogen (secondary N) is 1. The molecule has 0 saturated carbocycles. The predicted molar refractivity (Wildman–Crippen MR) is 119 cm³/mol. The van der Waals surface area contributed by atoms with Crippen LogP contribution in [0.15, 0.2) is 72.9 Å². The average molecular weight is 435 g/mol. The Morgan fingerprint density at radius 2 is 1.69 bits per heavy atom. The summed E-state index contributed by atoms with van der Waals surface area (Å²) in [6, 6.07) is 20.4. The Hall–Kier alpha value is -3.74. The number of benzene rings is 3. The fourth-order valence-corrected chi connectivity index (χ4v) is 4.28. The summed E-state index contributed by atoms with van der Waals surface area (Å²) in [5.41, 5.74) is 3.10. The Kier molecular flexibility index (Phi) is 4.69. The van der Waals surface area contributed by atoms with Crippen LogP contribution in [0.5, 0.6) is 0 Å². The number of amides is 1. The van der Waals surface area contributed by atoms with Crippen molar-refractivity contribution >= 4 is 28.2 Å². The van der Waals surface area contributed by atoms with Gasteiger partial charge in [0.2, 0.25) is 5.91 Å². The number of anilines is 2. The van der Waals surface area contributed by atoms with E-state index < -0.39 is 11.7 Å². The average Bonchev–Trinajstić information content (AvgIpc) is 3.11. The molecule has 3 aromatic carbocycles. The number of alkyl halides is 3. The molecule has 32 heavy (non-hydrogen) atoms. The lowest BCUT2D eigenvalue weighted by atomic mass is 10.0. The van der Waals surface area contributed by atoms with Crippen molar-refractivity contribution in [1.82, 2.24) is 4.57 Å². The van der Waals surface area contributed by atoms with Crippen molar-refractivity contribution in [3.8, 4) is 5.69 Å². The van der Waals surface area contributed by atoms with Gasteiger partial charge in [-0.05, 0) is 59.8 Å². The van der Waals surface area contributed by atoms with Crippen molar-refractivity contribution in [2.45, 2.75) is 19.6 Å². The van der Waals surface area contributed by atoms with Gasteiger partial charge in [-0.2, -0.15) is 13.2 Å². The minimum Gasteiger partial charge on any atom is -0.358 e. The monoisotopic (exact) mass is 435 g/mol. The summed E-state index contributed by atoms with van der Waals surface area (Å²) >= 11 is 0. The van der Waals surface area contributed by atoms with E-state index in [1.54, 1.807) is 0 Å². The minimum absolute atomic E-state index is 0.0466. The molecule has 0 radical (unpaired) electrons. The van der Waals surface area contributed by atoms with Gasteiger partial charge in [-0.25, -0.2) is 0 Å². The zero-order valence-electron chi connectivity index (χ0n) is 17.3. The molecule has 0 atom stereocenters. The molecular formula is C25H20F3N3O. The van der Waals surface area contributed by atoms with Crippen LogP contribution in [0.3, 0.4) is 0 Å². The second-order valence-electron chi connectivity index (χ2n) is 7.99. The molecule has 0 saturated heterocycles. The van der Waals surface area contributed by atoms with Crippen LogP contribution in [0.1, 0.15) is 16.7 Å². The summed E-state index contributed by atoms with van der Waals surface area (Å²) in [5, 5.41) is 3.76. The van der Waals surface area contributed by atoms with Crippen molar-refractivity contribution in [2.24, 2.45) is 0 Å². The van der Waals surface area contributed by atoms with Crippen molar-refractivity contribution in [3.05, 3.63) is 89.6 Å². The Morgan fingerprint density at radius 1 is 0.906 bits per heavy atom. The van der Waals surface area contributed by atoms with Gasteiger partial charge in [0.15, 0.2) is 0 Å². The third kappa shape index (κ3) is 3.60. The summed E-state index contributed by atoms with van der Waals surface area (Å²) in [6.07, 6.45) is -2.47. The molecule has 4 aromatic rings. The molecule has 0 spiro atoms. The van der Waals surface area contributed by atoms with Crippen LogP contribution in [0, 0.1) is 6.92 Å². The number of para-hydroxylation sites is 1. The summed E-state index contributed by atoms with van der Waals surface area (Å²) in [4.78, 5) is 14.4. The number of rotatable bonds is 2. The van der Waals surface area contributed by atoms with Crippen LogP contribution < -0.4 is 10.2 Å². The first-order valence-corrected chi connectivity index (χ1v) is 10.2. The van der Waals surface area contributed by atoms with Crippen LogP contribution in [0.25, 0.3) is 16.6 Å². The molecular weight excluding hydrogens is 415 g/mol. The third-order valence-electron chi connectivity index (χ3n) is 5.80. The summed E-state index contributed by atoms with van der Waals surface area (Å²) < 4.78 is 42.0. The number of nitrogens with zero attached hydrogens (tertiary/aromatic N) is 2. The van der Waals surface area contributed by atoms with Crippen molar-refractivity contribution in [1.29, 1.82) is 0 Å². The van der Waals surface area contributed by atoms with E-state index in [-0.39, 0.29) is 23.7 Å². The highest BCUT2D eigenvalue weighted by molar-refractivity contribution is 5.96. The quantitative estimate of drug-likeness (QED) is 0.425. The molecule has 1 N–H and O–H groups in total.